The summed E-state index contributed by atoms with van der Waals surface area (Å²) in [6.07, 6.45) is 9.64. The predicted octanol–water partition coefficient (Wildman–Crippen LogP) is 2.88. The first kappa shape index (κ1) is 25.0. The van der Waals surface area contributed by atoms with Crippen LogP contribution in [0.3, 0.4) is 0 Å². The number of rotatable bonds is 5. The molecule has 4 aliphatic heterocycles. The Morgan fingerprint density at radius 3 is 2.67 bits per heavy atom. The molecule has 0 radical (unpaired) electrons. The molecular formula is C27H31ClN2O6. The van der Waals surface area contributed by atoms with Gasteiger partial charge in [0.2, 0.25) is 5.91 Å². The van der Waals surface area contributed by atoms with Crippen LogP contribution in [0.25, 0.3) is 0 Å². The van der Waals surface area contributed by atoms with E-state index in [0.717, 1.165) is 6.42 Å². The average Bonchev–Trinajstić information content (AvgIpc) is 3.25. The molecule has 192 valence electrons. The number of hydrogen-bond acceptors (Lipinski definition) is 6. The number of esters is 1. The molecule has 5 atom stereocenters. The normalized spacial score (nSPS) is 34.8. The van der Waals surface area contributed by atoms with E-state index in [0.29, 0.717) is 30.0 Å². The second-order valence-corrected chi connectivity index (χ2v) is 10.2. The maximum Gasteiger partial charge on any atom is 0.313 e. The van der Waals surface area contributed by atoms with E-state index in [4.69, 9.17) is 21.1 Å². The number of ether oxygens (including phenoxy) is 2. The minimum atomic E-state index is -1.36. The van der Waals surface area contributed by atoms with Crippen molar-refractivity contribution in [3.05, 3.63) is 53.6 Å². The van der Waals surface area contributed by atoms with Gasteiger partial charge in [0, 0.05) is 19.7 Å². The number of aliphatic hydroxyl groups excluding tert-OH is 1. The van der Waals surface area contributed by atoms with E-state index in [9.17, 15) is 19.5 Å². The number of cyclic esters (lactones) is 1. The van der Waals surface area contributed by atoms with Gasteiger partial charge in [0.1, 0.15) is 23.2 Å². The van der Waals surface area contributed by atoms with Crippen molar-refractivity contribution in [3.63, 3.8) is 0 Å². The molecule has 0 bridgehead atoms. The molecule has 36 heavy (non-hydrogen) atoms. The summed E-state index contributed by atoms with van der Waals surface area (Å²) < 4.78 is 12.5. The molecule has 8 nitrogen and oxygen atoms in total. The smallest absolute Gasteiger partial charge is 0.313 e. The van der Waals surface area contributed by atoms with E-state index in [1.807, 2.05) is 25.2 Å². The Morgan fingerprint density at radius 1 is 1.11 bits per heavy atom. The van der Waals surface area contributed by atoms with Crippen molar-refractivity contribution < 1.29 is 29.0 Å². The summed E-state index contributed by atoms with van der Waals surface area (Å²) in [7, 11) is 0. The maximum absolute atomic E-state index is 14.3. The number of likely N-dealkylation sites (tertiary alicyclic amines) is 1. The highest BCUT2D eigenvalue weighted by molar-refractivity contribution is 6.34. The van der Waals surface area contributed by atoms with E-state index in [-0.39, 0.29) is 38.1 Å². The number of carbonyl (C=O) groups excluding carboxylic acids is 3. The molecule has 1 spiro atoms. The van der Waals surface area contributed by atoms with Crippen LogP contribution in [0.1, 0.15) is 32.6 Å². The Bertz CT molecular complexity index is 1120. The van der Waals surface area contributed by atoms with Crippen LogP contribution in [0.15, 0.2) is 48.6 Å². The zero-order valence-corrected chi connectivity index (χ0v) is 21.0. The first-order valence-electron chi connectivity index (χ1n) is 12.6. The van der Waals surface area contributed by atoms with Crippen LogP contribution in [0.5, 0.6) is 0 Å². The third-order valence-corrected chi connectivity index (χ3v) is 8.15. The number of carbonyl (C=O) groups is 3. The zero-order valence-electron chi connectivity index (χ0n) is 20.3. The standard InChI is InChI=1S/C27H31ClN2O6/c1-2-26-12-6-3-7-17-35-25(34)21(26)20-23(32)30(15-9-16-31)22-24(33)29(14-8-13-27(20,22)36-26)19-11-5-4-10-18(19)28/h4-6,8,10-13,20-22,31H,2-3,7,9,14-17H2,1H3/b12-6-/t20-,21+,22?,26-,27-/m0/s1. The molecule has 4 heterocycles. The van der Waals surface area contributed by atoms with Crippen molar-refractivity contribution in [3.8, 4) is 0 Å². The van der Waals surface area contributed by atoms with Crippen molar-refractivity contribution in [1.29, 1.82) is 0 Å². The molecule has 0 aliphatic carbocycles. The number of fused-ring (bicyclic) bond motifs is 2. The third-order valence-electron chi connectivity index (χ3n) is 7.83. The van der Waals surface area contributed by atoms with Crippen molar-refractivity contribution in [2.24, 2.45) is 11.8 Å². The Hall–Kier alpha value is -2.68. The maximum atomic E-state index is 14.3. The highest BCUT2D eigenvalue weighted by Crippen LogP contribution is 2.58. The molecule has 1 aromatic rings. The van der Waals surface area contributed by atoms with Crippen molar-refractivity contribution in [1.82, 2.24) is 4.90 Å². The van der Waals surface area contributed by atoms with Gasteiger partial charge < -0.3 is 24.4 Å². The van der Waals surface area contributed by atoms with Gasteiger partial charge in [0.25, 0.3) is 5.91 Å². The molecule has 2 saturated heterocycles. The van der Waals surface area contributed by atoms with Crippen LogP contribution in [0.4, 0.5) is 5.69 Å². The lowest BCUT2D eigenvalue weighted by Crippen LogP contribution is -2.56. The number of hydrogen-bond donors (Lipinski definition) is 1. The van der Waals surface area contributed by atoms with Gasteiger partial charge in [-0.05, 0) is 37.8 Å². The van der Waals surface area contributed by atoms with Crippen LogP contribution >= 0.6 is 11.6 Å². The fourth-order valence-electron chi connectivity index (χ4n) is 6.24. The molecule has 1 unspecified atom stereocenters. The highest BCUT2D eigenvalue weighted by Gasteiger charge is 2.75. The number of allylic oxidation sites excluding steroid dienone is 1. The summed E-state index contributed by atoms with van der Waals surface area (Å²) >= 11 is 6.46. The molecule has 5 rings (SSSR count). The summed E-state index contributed by atoms with van der Waals surface area (Å²) in [6, 6.07) is 6.05. The lowest BCUT2D eigenvalue weighted by Gasteiger charge is -2.38. The second kappa shape index (κ2) is 9.65. The number of amides is 2. The largest absolute Gasteiger partial charge is 0.465 e. The number of halogens is 1. The van der Waals surface area contributed by atoms with Crippen molar-refractivity contribution in [2.75, 3.05) is 31.2 Å². The minimum Gasteiger partial charge on any atom is -0.465 e. The number of aliphatic hydroxyl groups is 1. The van der Waals surface area contributed by atoms with E-state index < -0.39 is 35.0 Å². The fraction of sp³-hybridized carbons (Fsp3) is 0.519. The first-order chi connectivity index (χ1) is 17.4. The van der Waals surface area contributed by atoms with Gasteiger partial charge in [-0.1, -0.05) is 55.0 Å². The second-order valence-electron chi connectivity index (χ2n) is 9.75. The topological polar surface area (TPSA) is 96.4 Å². The summed E-state index contributed by atoms with van der Waals surface area (Å²) in [5.41, 5.74) is -1.90. The van der Waals surface area contributed by atoms with Gasteiger partial charge >= 0.3 is 5.97 Å². The lowest BCUT2D eigenvalue weighted by molar-refractivity contribution is -0.159. The zero-order chi connectivity index (χ0) is 25.5. The van der Waals surface area contributed by atoms with E-state index in [1.165, 1.54) is 4.90 Å². The van der Waals surface area contributed by atoms with Gasteiger partial charge in [-0.25, -0.2) is 0 Å². The van der Waals surface area contributed by atoms with Crippen LogP contribution < -0.4 is 4.90 Å². The Morgan fingerprint density at radius 2 is 1.92 bits per heavy atom. The molecule has 9 heteroatoms. The van der Waals surface area contributed by atoms with Gasteiger partial charge in [0.05, 0.1) is 23.2 Å². The summed E-state index contributed by atoms with van der Waals surface area (Å²) in [6.45, 7) is 2.44. The predicted molar refractivity (Wildman–Crippen MR) is 133 cm³/mol. The average molecular weight is 515 g/mol. The van der Waals surface area contributed by atoms with Crippen LogP contribution in [-0.4, -0.2) is 71.3 Å². The van der Waals surface area contributed by atoms with Gasteiger partial charge in [-0.3, -0.25) is 14.4 Å². The highest BCUT2D eigenvalue weighted by atomic mass is 35.5. The third kappa shape index (κ3) is 3.69. The number of nitrogens with zero attached hydrogens (tertiary/aromatic N) is 2. The van der Waals surface area contributed by atoms with E-state index in [1.54, 1.807) is 35.2 Å². The molecule has 4 aliphatic rings. The Labute approximate surface area is 215 Å². The van der Waals surface area contributed by atoms with Crippen LogP contribution in [0.2, 0.25) is 5.02 Å². The van der Waals surface area contributed by atoms with E-state index in [2.05, 4.69) is 0 Å². The van der Waals surface area contributed by atoms with Crippen LogP contribution in [-0.2, 0) is 23.9 Å². The Balaban J connectivity index is 1.67. The molecule has 2 fully saturated rings. The molecule has 1 N–H and O–H groups in total. The molecule has 0 aromatic heterocycles. The fourth-order valence-corrected chi connectivity index (χ4v) is 6.48. The summed E-state index contributed by atoms with van der Waals surface area (Å²) in [5, 5.41) is 9.94. The number of benzene rings is 1. The summed E-state index contributed by atoms with van der Waals surface area (Å²) in [4.78, 5) is 44.8. The lowest BCUT2D eigenvalue weighted by atomic mass is 9.73. The molecule has 2 amide bonds. The van der Waals surface area contributed by atoms with Crippen molar-refractivity contribution in [2.45, 2.75) is 49.9 Å². The molecular weight excluding hydrogens is 484 g/mol. The Kier molecular flexibility index (Phi) is 6.70. The SMILES string of the molecule is CC[C@]12/C=C\CCCOC(=O)[C@H]1[C@H]1C(=O)N(CCCO)C3C(=O)N(c4ccccc4Cl)CC=C[C@@]31O2. The molecule has 0 saturated carbocycles. The number of para-hydroxylation sites is 1. The summed E-state index contributed by atoms with van der Waals surface area (Å²) in [5.74, 6) is -2.97. The van der Waals surface area contributed by atoms with Gasteiger partial charge in [-0.2, -0.15) is 0 Å². The monoisotopic (exact) mass is 514 g/mol. The first-order valence-corrected chi connectivity index (χ1v) is 13.0. The van der Waals surface area contributed by atoms with Gasteiger partial charge in [0.15, 0.2) is 0 Å². The quantitative estimate of drug-likeness (QED) is 0.479. The van der Waals surface area contributed by atoms with Gasteiger partial charge in [-0.15, -0.1) is 0 Å². The van der Waals surface area contributed by atoms with Crippen LogP contribution in [0, 0.1) is 11.8 Å². The molecule has 1 aromatic carbocycles. The number of anilines is 1. The van der Waals surface area contributed by atoms with E-state index >= 15 is 0 Å². The van der Waals surface area contributed by atoms with Crippen molar-refractivity contribution >= 4 is 35.1 Å². The minimum absolute atomic E-state index is 0.139.